The second-order valence-corrected chi connectivity index (χ2v) is 8.52. The highest BCUT2D eigenvalue weighted by molar-refractivity contribution is 7.22. The standard InChI is InChI=1S/C21H22N4OS/c1-13-2-7-18-14(10-13)11-19(27-18)17-12-22-21-9-8-20(24-25(17)21)23-15-3-5-16(26)6-4-15/h2,7-12,15-16,26H,3-6H2,1H3,(H,23,24)/t15-,16-. The third-order valence-corrected chi connectivity index (χ3v) is 6.47. The van der Waals surface area contributed by atoms with Crippen LogP contribution in [0.3, 0.4) is 0 Å². The predicted molar refractivity (Wildman–Crippen MR) is 110 cm³/mol. The van der Waals surface area contributed by atoms with Crippen molar-refractivity contribution in [1.82, 2.24) is 14.6 Å². The molecule has 5 rings (SSSR count). The average molecular weight is 379 g/mol. The van der Waals surface area contributed by atoms with Crippen LogP contribution in [0.25, 0.3) is 26.3 Å². The minimum absolute atomic E-state index is 0.143. The zero-order valence-electron chi connectivity index (χ0n) is 15.2. The number of thiophene rings is 1. The molecule has 3 aromatic heterocycles. The van der Waals surface area contributed by atoms with Crippen LogP contribution in [0.2, 0.25) is 0 Å². The molecule has 0 bridgehead atoms. The van der Waals surface area contributed by atoms with Gasteiger partial charge in [-0.2, -0.15) is 0 Å². The number of nitrogens with zero attached hydrogens (tertiary/aromatic N) is 3. The lowest BCUT2D eigenvalue weighted by Crippen LogP contribution is -2.28. The SMILES string of the molecule is Cc1ccc2sc(-c3cnc4ccc(N[C@H]5CC[C@H](O)CC5)nn34)cc2c1. The van der Waals surface area contributed by atoms with Crippen molar-refractivity contribution in [2.45, 2.75) is 44.8 Å². The molecule has 1 aliphatic carbocycles. The van der Waals surface area contributed by atoms with E-state index in [0.29, 0.717) is 6.04 Å². The van der Waals surface area contributed by atoms with Crippen molar-refractivity contribution >= 4 is 32.9 Å². The van der Waals surface area contributed by atoms with Crippen molar-refractivity contribution in [2.24, 2.45) is 0 Å². The molecule has 4 aromatic rings. The molecule has 6 heteroatoms. The molecule has 1 aromatic carbocycles. The minimum Gasteiger partial charge on any atom is -0.393 e. The quantitative estimate of drug-likeness (QED) is 0.545. The highest BCUT2D eigenvalue weighted by Crippen LogP contribution is 2.34. The third-order valence-electron chi connectivity index (χ3n) is 5.34. The van der Waals surface area contributed by atoms with E-state index in [4.69, 9.17) is 5.10 Å². The molecule has 0 radical (unpaired) electrons. The average Bonchev–Trinajstić information content (AvgIpc) is 3.26. The summed E-state index contributed by atoms with van der Waals surface area (Å²) in [5.74, 6) is 0.861. The van der Waals surface area contributed by atoms with Gasteiger partial charge in [-0.25, -0.2) is 9.50 Å². The monoisotopic (exact) mass is 378 g/mol. The molecule has 138 valence electrons. The Balaban J connectivity index is 1.49. The third kappa shape index (κ3) is 3.19. The van der Waals surface area contributed by atoms with Crippen LogP contribution in [0, 0.1) is 6.92 Å². The number of hydrogen-bond donors (Lipinski definition) is 2. The van der Waals surface area contributed by atoms with Crippen molar-refractivity contribution in [1.29, 1.82) is 0 Å². The van der Waals surface area contributed by atoms with Gasteiger partial charge in [-0.3, -0.25) is 0 Å². The highest BCUT2D eigenvalue weighted by atomic mass is 32.1. The van der Waals surface area contributed by atoms with Gasteiger partial charge in [-0.1, -0.05) is 17.7 Å². The first-order valence-corrected chi connectivity index (χ1v) is 10.3. The Kier molecular flexibility index (Phi) is 4.10. The number of anilines is 1. The molecule has 5 nitrogen and oxygen atoms in total. The van der Waals surface area contributed by atoms with E-state index in [0.717, 1.165) is 42.8 Å². The van der Waals surface area contributed by atoms with Gasteiger partial charge in [0.05, 0.1) is 17.2 Å². The van der Waals surface area contributed by atoms with Gasteiger partial charge in [0.1, 0.15) is 11.5 Å². The first-order chi connectivity index (χ1) is 13.2. The lowest BCUT2D eigenvalue weighted by atomic mass is 9.93. The summed E-state index contributed by atoms with van der Waals surface area (Å²) in [6.07, 6.45) is 5.44. The van der Waals surface area contributed by atoms with E-state index in [1.807, 2.05) is 22.8 Å². The van der Waals surface area contributed by atoms with Crippen LogP contribution in [0.15, 0.2) is 42.6 Å². The molecule has 0 atom stereocenters. The molecule has 0 aliphatic heterocycles. The Bertz CT molecular complexity index is 1110. The number of aromatic nitrogens is 3. The largest absolute Gasteiger partial charge is 0.393 e. The van der Waals surface area contributed by atoms with Crippen molar-refractivity contribution in [2.75, 3.05) is 5.32 Å². The molecule has 1 saturated carbocycles. The normalized spacial score (nSPS) is 20.4. The van der Waals surface area contributed by atoms with Crippen LogP contribution in [-0.2, 0) is 0 Å². The summed E-state index contributed by atoms with van der Waals surface area (Å²) in [6, 6.07) is 13.1. The van der Waals surface area contributed by atoms with E-state index >= 15 is 0 Å². The van der Waals surface area contributed by atoms with Gasteiger partial charge < -0.3 is 10.4 Å². The smallest absolute Gasteiger partial charge is 0.154 e. The zero-order valence-corrected chi connectivity index (χ0v) is 16.0. The van der Waals surface area contributed by atoms with Gasteiger partial charge in [0, 0.05) is 10.7 Å². The zero-order chi connectivity index (χ0) is 18.4. The van der Waals surface area contributed by atoms with E-state index < -0.39 is 0 Å². The summed E-state index contributed by atoms with van der Waals surface area (Å²) in [5, 5.41) is 19.3. The molecule has 0 unspecified atom stereocenters. The molecular weight excluding hydrogens is 356 g/mol. The number of fused-ring (bicyclic) bond motifs is 2. The van der Waals surface area contributed by atoms with Crippen LogP contribution >= 0.6 is 11.3 Å². The summed E-state index contributed by atoms with van der Waals surface area (Å²) in [5.41, 5.74) is 3.14. The van der Waals surface area contributed by atoms with Crippen LogP contribution in [0.4, 0.5) is 5.82 Å². The van der Waals surface area contributed by atoms with E-state index in [-0.39, 0.29) is 6.10 Å². The molecule has 0 amide bonds. The first-order valence-electron chi connectivity index (χ1n) is 9.46. The Morgan fingerprint density at radius 3 is 2.81 bits per heavy atom. The van der Waals surface area contributed by atoms with E-state index in [9.17, 15) is 5.11 Å². The molecule has 3 heterocycles. The predicted octanol–water partition coefficient (Wildman–Crippen LogP) is 4.63. The van der Waals surface area contributed by atoms with Gasteiger partial charge in [0.2, 0.25) is 0 Å². The van der Waals surface area contributed by atoms with Crippen molar-refractivity contribution in [3.8, 4) is 10.6 Å². The fourth-order valence-corrected chi connectivity index (χ4v) is 4.87. The Hall–Kier alpha value is -2.44. The van der Waals surface area contributed by atoms with Gasteiger partial charge in [-0.05, 0) is 62.3 Å². The number of imidazole rings is 1. The number of benzene rings is 1. The maximum absolute atomic E-state index is 9.69. The van der Waals surface area contributed by atoms with Crippen LogP contribution in [-0.4, -0.2) is 31.9 Å². The minimum atomic E-state index is -0.143. The Morgan fingerprint density at radius 1 is 1.11 bits per heavy atom. The number of hydrogen-bond acceptors (Lipinski definition) is 5. The fraction of sp³-hybridized carbons (Fsp3) is 0.333. The number of aliphatic hydroxyl groups is 1. The maximum Gasteiger partial charge on any atom is 0.154 e. The second kappa shape index (κ2) is 6.62. The number of aliphatic hydroxyl groups excluding tert-OH is 1. The number of rotatable bonds is 3. The van der Waals surface area contributed by atoms with Crippen LogP contribution in [0.5, 0.6) is 0 Å². The molecule has 1 aliphatic rings. The van der Waals surface area contributed by atoms with E-state index in [1.165, 1.54) is 20.5 Å². The summed E-state index contributed by atoms with van der Waals surface area (Å²) in [4.78, 5) is 5.70. The summed E-state index contributed by atoms with van der Waals surface area (Å²) in [7, 11) is 0. The molecule has 0 spiro atoms. The maximum atomic E-state index is 9.69. The lowest BCUT2D eigenvalue weighted by molar-refractivity contribution is 0.126. The molecule has 27 heavy (non-hydrogen) atoms. The summed E-state index contributed by atoms with van der Waals surface area (Å²) < 4.78 is 3.21. The number of nitrogens with one attached hydrogen (secondary N) is 1. The molecule has 1 fully saturated rings. The van der Waals surface area contributed by atoms with Gasteiger partial charge in [0.15, 0.2) is 5.65 Å². The topological polar surface area (TPSA) is 62.5 Å². The number of aryl methyl sites for hydroxylation is 1. The van der Waals surface area contributed by atoms with Gasteiger partial charge in [-0.15, -0.1) is 16.4 Å². The Labute approximate surface area is 161 Å². The fourth-order valence-electron chi connectivity index (χ4n) is 3.84. The Morgan fingerprint density at radius 2 is 1.96 bits per heavy atom. The van der Waals surface area contributed by atoms with Crippen LogP contribution < -0.4 is 5.32 Å². The van der Waals surface area contributed by atoms with Crippen LogP contribution in [0.1, 0.15) is 31.2 Å². The van der Waals surface area contributed by atoms with Crippen molar-refractivity contribution < 1.29 is 5.11 Å². The molecule has 2 N–H and O–H groups in total. The lowest BCUT2D eigenvalue weighted by Gasteiger charge is -2.26. The van der Waals surface area contributed by atoms with E-state index in [2.05, 4.69) is 41.5 Å². The molecular formula is C21H22N4OS. The first kappa shape index (κ1) is 16.7. The molecule has 0 saturated heterocycles. The van der Waals surface area contributed by atoms with Gasteiger partial charge in [0.25, 0.3) is 0 Å². The summed E-state index contributed by atoms with van der Waals surface area (Å²) in [6.45, 7) is 2.12. The van der Waals surface area contributed by atoms with Crippen molar-refractivity contribution in [3.05, 3.63) is 48.2 Å². The van der Waals surface area contributed by atoms with E-state index in [1.54, 1.807) is 11.3 Å². The highest BCUT2D eigenvalue weighted by Gasteiger charge is 2.20. The van der Waals surface area contributed by atoms with Crippen molar-refractivity contribution in [3.63, 3.8) is 0 Å². The van der Waals surface area contributed by atoms with Gasteiger partial charge >= 0.3 is 0 Å². The summed E-state index contributed by atoms with van der Waals surface area (Å²) >= 11 is 1.77. The second-order valence-electron chi connectivity index (χ2n) is 7.43.